The average Bonchev–Trinajstić information content (AvgIpc) is 3.00. The molecular weight excluding hydrogens is 344 g/mol. The lowest BCUT2D eigenvalue weighted by molar-refractivity contribution is 0.588. The molecule has 130 valence electrons. The molecule has 2 aromatic carbocycles. The maximum absolute atomic E-state index is 13.1. The molecule has 0 radical (unpaired) electrons. The van der Waals surface area contributed by atoms with Gasteiger partial charge in [-0.15, -0.1) is 0 Å². The Kier molecular flexibility index (Phi) is 3.89. The summed E-state index contributed by atoms with van der Waals surface area (Å²) < 4.78 is 27.4. The zero-order valence-electron chi connectivity index (χ0n) is 14.5. The summed E-state index contributed by atoms with van der Waals surface area (Å²) in [6.45, 7) is 3.83. The Hall–Kier alpha value is -2.92. The Labute approximate surface area is 152 Å². The van der Waals surface area contributed by atoms with E-state index >= 15 is 0 Å². The Balaban J connectivity index is 1.88. The molecule has 0 saturated carbocycles. The van der Waals surface area contributed by atoms with Crippen LogP contribution in [0.1, 0.15) is 11.1 Å². The van der Waals surface area contributed by atoms with E-state index in [-0.39, 0.29) is 4.90 Å². The zero-order chi connectivity index (χ0) is 18.3. The minimum absolute atomic E-state index is 0.258. The molecule has 0 bridgehead atoms. The van der Waals surface area contributed by atoms with Crippen molar-refractivity contribution in [2.24, 2.45) is 0 Å². The van der Waals surface area contributed by atoms with E-state index < -0.39 is 10.0 Å². The van der Waals surface area contributed by atoms with Crippen LogP contribution in [0.15, 0.2) is 78.0 Å². The number of hydrogen-bond acceptors (Lipinski definition) is 3. The molecule has 2 heterocycles. The van der Waals surface area contributed by atoms with Crippen LogP contribution in [0.4, 0.5) is 0 Å². The van der Waals surface area contributed by atoms with Crippen LogP contribution in [0.5, 0.6) is 0 Å². The van der Waals surface area contributed by atoms with Crippen molar-refractivity contribution in [2.75, 3.05) is 0 Å². The van der Waals surface area contributed by atoms with Crippen molar-refractivity contribution >= 4 is 21.1 Å². The second-order valence-corrected chi connectivity index (χ2v) is 8.20. The fourth-order valence-electron chi connectivity index (χ4n) is 3.03. The third-order valence-corrected chi connectivity index (χ3v) is 6.16. The van der Waals surface area contributed by atoms with Gasteiger partial charge in [-0.3, -0.25) is 0 Å². The van der Waals surface area contributed by atoms with Crippen molar-refractivity contribution < 1.29 is 8.42 Å². The van der Waals surface area contributed by atoms with Gasteiger partial charge in [0.1, 0.15) is 0 Å². The molecule has 0 unspecified atom stereocenters. The highest BCUT2D eigenvalue weighted by atomic mass is 32.2. The summed E-state index contributed by atoms with van der Waals surface area (Å²) in [6, 6.07) is 18.8. The first-order valence-corrected chi connectivity index (χ1v) is 9.76. The predicted octanol–water partition coefficient (Wildman–Crippen LogP) is 4.56. The van der Waals surface area contributed by atoms with Gasteiger partial charge in [0.15, 0.2) is 5.65 Å². The number of fused-ring (bicyclic) bond motifs is 1. The largest absolute Gasteiger partial charge is 0.269 e. The number of nitrogens with zero attached hydrogens (tertiary/aromatic N) is 2. The van der Waals surface area contributed by atoms with E-state index in [4.69, 9.17) is 0 Å². The molecule has 0 atom stereocenters. The summed E-state index contributed by atoms with van der Waals surface area (Å²) in [5.41, 5.74) is 4.36. The Morgan fingerprint density at radius 2 is 1.58 bits per heavy atom. The van der Waals surface area contributed by atoms with E-state index in [0.717, 1.165) is 27.6 Å². The Morgan fingerprint density at radius 1 is 0.885 bits per heavy atom. The summed E-state index contributed by atoms with van der Waals surface area (Å²) in [5.74, 6) is 0. The molecule has 2 aromatic heterocycles. The number of aryl methyl sites for hydroxylation is 2. The van der Waals surface area contributed by atoms with Gasteiger partial charge in [-0.1, -0.05) is 48.0 Å². The van der Waals surface area contributed by atoms with Crippen molar-refractivity contribution in [3.05, 3.63) is 84.2 Å². The quantitative estimate of drug-likeness (QED) is 0.537. The van der Waals surface area contributed by atoms with Crippen molar-refractivity contribution in [1.29, 1.82) is 0 Å². The molecule has 5 heteroatoms. The molecule has 0 fully saturated rings. The molecule has 26 heavy (non-hydrogen) atoms. The SMILES string of the molecule is Cc1ccc(S(=O)(=O)n2cc(C)c3cc(-c4ccccc4)cnc32)cc1. The molecule has 0 aliphatic heterocycles. The second kappa shape index (κ2) is 6.11. The van der Waals surface area contributed by atoms with Crippen LogP contribution >= 0.6 is 0 Å². The van der Waals surface area contributed by atoms with Gasteiger partial charge >= 0.3 is 0 Å². The lowest BCUT2D eigenvalue weighted by atomic mass is 10.1. The highest BCUT2D eigenvalue weighted by molar-refractivity contribution is 7.90. The van der Waals surface area contributed by atoms with Crippen LogP contribution in [0, 0.1) is 13.8 Å². The van der Waals surface area contributed by atoms with Crippen LogP contribution in [-0.2, 0) is 10.0 Å². The minimum Gasteiger partial charge on any atom is -0.237 e. The van der Waals surface area contributed by atoms with Gasteiger partial charge in [0.25, 0.3) is 10.0 Å². The molecule has 4 nitrogen and oxygen atoms in total. The first-order chi connectivity index (χ1) is 12.5. The van der Waals surface area contributed by atoms with Gasteiger partial charge < -0.3 is 0 Å². The third kappa shape index (κ3) is 2.70. The van der Waals surface area contributed by atoms with E-state index in [0.29, 0.717) is 5.65 Å². The third-order valence-electron chi connectivity index (χ3n) is 4.50. The van der Waals surface area contributed by atoms with Gasteiger partial charge in [-0.25, -0.2) is 17.4 Å². The molecule has 4 rings (SSSR count). The summed E-state index contributed by atoms with van der Waals surface area (Å²) in [7, 11) is -3.68. The van der Waals surface area contributed by atoms with E-state index in [1.165, 1.54) is 3.97 Å². The maximum Gasteiger partial charge on any atom is 0.269 e. The summed E-state index contributed by atoms with van der Waals surface area (Å²) in [6.07, 6.45) is 3.36. The molecule has 0 aliphatic rings. The molecular formula is C21H18N2O2S. The van der Waals surface area contributed by atoms with Crippen LogP contribution in [0.25, 0.3) is 22.2 Å². The van der Waals surface area contributed by atoms with Gasteiger partial charge in [0.2, 0.25) is 0 Å². The fraction of sp³-hybridized carbons (Fsp3) is 0.0952. The standard InChI is InChI=1S/C21H18N2O2S/c1-15-8-10-19(11-9-15)26(24,25)23-14-16(2)20-12-18(13-22-21(20)23)17-6-4-3-5-7-17/h3-14H,1-2H3. The summed E-state index contributed by atoms with van der Waals surface area (Å²) in [5, 5.41) is 0.835. The lowest BCUT2D eigenvalue weighted by Crippen LogP contribution is -2.12. The van der Waals surface area contributed by atoms with Crippen molar-refractivity contribution in [2.45, 2.75) is 18.7 Å². The second-order valence-electron chi connectivity index (χ2n) is 6.39. The molecule has 0 saturated heterocycles. The number of hydrogen-bond donors (Lipinski definition) is 0. The first-order valence-electron chi connectivity index (χ1n) is 8.32. The van der Waals surface area contributed by atoms with Gasteiger partial charge in [-0.05, 0) is 43.2 Å². The monoisotopic (exact) mass is 362 g/mol. The predicted molar refractivity (Wildman–Crippen MR) is 104 cm³/mol. The zero-order valence-corrected chi connectivity index (χ0v) is 15.4. The van der Waals surface area contributed by atoms with Crippen molar-refractivity contribution in [1.82, 2.24) is 8.96 Å². The van der Waals surface area contributed by atoms with Crippen molar-refractivity contribution in [3.8, 4) is 11.1 Å². The van der Waals surface area contributed by atoms with Gasteiger partial charge in [0, 0.05) is 23.3 Å². The molecule has 0 aliphatic carbocycles. The molecule has 0 amide bonds. The minimum atomic E-state index is -3.68. The normalized spacial score (nSPS) is 11.8. The van der Waals surface area contributed by atoms with Crippen LogP contribution in [0.3, 0.4) is 0 Å². The van der Waals surface area contributed by atoms with Gasteiger partial charge in [-0.2, -0.15) is 0 Å². The topological polar surface area (TPSA) is 52.0 Å². The number of pyridine rings is 1. The smallest absolute Gasteiger partial charge is 0.237 e. The molecule has 4 aromatic rings. The van der Waals surface area contributed by atoms with Crippen molar-refractivity contribution in [3.63, 3.8) is 0 Å². The highest BCUT2D eigenvalue weighted by Gasteiger charge is 2.21. The number of rotatable bonds is 3. The molecule has 0 spiro atoms. The van der Waals surface area contributed by atoms with Crippen LogP contribution in [-0.4, -0.2) is 17.4 Å². The summed E-state index contributed by atoms with van der Waals surface area (Å²) >= 11 is 0. The Morgan fingerprint density at radius 3 is 2.27 bits per heavy atom. The maximum atomic E-state index is 13.1. The lowest BCUT2D eigenvalue weighted by Gasteiger charge is -2.08. The molecule has 0 N–H and O–H groups in total. The van der Waals surface area contributed by atoms with Crippen LogP contribution < -0.4 is 0 Å². The first kappa shape index (κ1) is 16.5. The average molecular weight is 362 g/mol. The fourth-order valence-corrected chi connectivity index (χ4v) is 4.40. The highest BCUT2D eigenvalue weighted by Crippen LogP contribution is 2.28. The van der Waals surface area contributed by atoms with E-state index in [2.05, 4.69) is 4.98 Å². The number of aromatic nitrogens is 2. The van der Waals surface area contributed by atoms with E-state index in [1.54, 1.807) is 36.7 Å². The van der Waals surface area contributed by atoms with E-state index in [1.807, 2.05) is 50.2 Å². The Bertz CT molecular complexity index is 1190. The van der Waals surface area contributed by atoms with Gasteiger partial charge in [0.05, 0.1) is 4.90 Å². The summed E-state index contributed by atoms with van der Waals surface area (Å²) in [4.78, 5) is 4.73. The van der Waals surface area contributed by atoms with E-state index in [9.17, 15) is 8.42 Å². The number of benzene rings is 2. The van der Waals surface area contributed by atoms with Crippen LogP contribution in [0.2, 0.25) is 0 Å².